The van der Waals surface area contributed by atoms with Crippen LogP contribution in [0.5, 0.6) is 5.75 Å². The first-order valence-corrected chi connectivity index (χ1v) is 6.49. The third-order valence-corrected chi connectivity index (χ3v) is 3.18. The van der Waals surface area contributed by atoms with E-state index in [9.17, 15) is 24.4 Å². The Hall–Kier alpha value is -3.16. The summed E-state index contributed by atoms with van der Waals surface area (Å²) < 4.78 is 18.8. The summed E-state index contributed by atoms with van der Waals surface area (Å²) in [5.41, 5.74) is 0.169. The first-order chi connectivity index (χ1) is 10.9. The standard InChI is InChI=1S/C15H13FN2O5/c1-23-13-6-7-14(16)10(8-13)9-17(15(19)20)11-2-4-12(5-3-11)18(21)22/h2-8H,9H2,1H3,(H,19,20). The van der Waals surface area contributed by atoms with E-state index < -0.39 is 16.8 Å². The molecule has 8 heteroatoms. The van der Waals surface area contributed by atoms with E-state index in [-0.39, 0.29) is 23.5 Å². The van der Waals surface area contributed by atoms with Crippen LogP contribution in [0.3, 0.4) is 0 Å². The maximum absolute atomic E-state index is 13.9. The van der Waals surface area contributed by atoms with Gasteiger partial charge in [0, 0.05) is 23.4 Å². The van der Waals surface area contributed by atoms with Gasteiger partial charge in [0.15, 0.2) is 0 Å². The highest BCUT2D eigenvalue weighted by molar-refractivity contribution is 5.86. The Morgan fingerprint density at radius 3 is 2.48 bits per heavy atom. The fourth-order valence-corrected chi connectivity index (χ4v) is 1.99. The van der Waals surface area contributed by atoms with E-state index in [1.165, 1.54) is 49.6 Å². The van der Waals surface area contributed by atoms with Crippen LogP contribution in [0.1, 0.15) is 5.56 Å². The Labute approximate surface area is 130 Å². The lowest BCUT2D eigenvalue weighted by Crippen LogP contribution is -2.29. The van der Waals surface area contributed by atoms with Crippen LogP contribution in [-0.2, 0) is 6.54 Å². The molecule has 0 saturated carbocycles. The van der Waals surface area contributed by atoms with Gasteiger partial charge >= 0.3 is 6.09 Å². The van der Waals surface area contributed by atoms with E-state index in [4.69, 9.17) is 4.74 Å². The normalized spacial score (nSPS) is 10.2. The molecule has 0 aliphatic rings. The van der Waals surface area contributed by atoms with Crippen LogP contribution in [0.15, 0.2) is 42.5 Å². The molecule has 0 heterocycles. The SMILES string of the molecule is COc1ccc(F)c(CN(C(=O)O)c2ccc([N+](=O)[O-])cc2)c1. The number of ether oxygens (including phenoxy) is 1. The average molecular weight is 320 g/mol. The molecule has 0 bridgehead atoms. The molecule has 0 radical (unpaired) electrons. The van der Waals surface area contributed by atoms with Crippen LogP contribution < -0.4 is 9.64 Å². The molecule has 2 rings (SSSR count). The van der Waals surface area contributed by atoms with Crippen LogP contribution in [0, 0.1) is 15.9 Å². The largest absolute Gasteiger partial charge is 0.497 e. The van der Waals surface area contributed by atoms with Gasteiger partial charge in [-0.2, -0.15) is 0 Å². The van der Waals surface area contributed by atoms with Gasteiger partial charge in [-0.05, 0) is 30.3 Å². The van der Waals surface area contributed by atoms with Crippen molar-refractivity contribution in [3.8, 4) is 5.75 Å². The Bertz CT molecular complexity index is 733. The summed E-state index contributed by atoms with van der Waals surface area (Å²) in [6.07, 6.45) is -1.30. The van der Waals surface area contributed by atoms with Gasteiger partial charge in [0.25, 0.3) is 5.69 Å². The summed E-state index contributed by atoms with van der Waals surface area (Å²) in [5.74, 6) is -0.172. The second-order valence-corrected chi connectivity index (χ2v) is 4.60. The number of anilines is 1. The van der Waals surface area contributed by atoms with Gasteiger partial charge in [-0.3, -0.25) is 15.0 Å². The number of methoxy groups -OCH3 is 1. The molecule has 1 N–H and O–H groups in total. The molecule has 23 heavy (non-hydrogen) atoms. The van der Waals surface area contributed by atoms with E-state index in [1.807, 2.05) is 0 Å². The van der Waals surface area contributed by atoms with Crippen molar-refractivity contribution in [3.05, 3.63) is 64.0 Å². The molecule has 0 aliphatic carbocycles. The molecule has 2 aromatic carbocycles. The van der Waals surface area contributed by atoms with Crippen LogP contribution in [0.25, 0.3) is 0 Å². The number of halogens is 1. The van der Waals surface area contributed by atoms with Crippen molar-refractivity contribution in [1.82, 2.24) is 0 Å². The summed E-state index contributed by atoms with van der Waals surface area (Å²) in [6, 6.07) is 8.98. The lowest BCUT2D eigenvalue weighted by Gasteiger charge is -2.20. The summed E-state index contributed by atoms with van der Waals surface area (Å²) in [7, 11) is 1.42. The zero-order chi connectivity index (χ0) is 17.0. The smallest absolute Gasteiger partial charge is 0.412 e. The number of benzene rings is 2. The monoisotopic (exact) mass is 320 g/mol. The van der Waals surface area contributed by atoms with Crippen molar-refractivity contribution in [3.63, 3.8) is 0 Å². The number of carbonyl (C=O) groups is 1. The predicted molar refractivity (Wildman–Crippen MR) is 80.3 cm³/mol. The third-order valence-electron chi connectivity index (χ3n) is 3.18. The summed E-state index contributed by atoms with van der Waals surface area (Å²) in [6.45, 7) is -0.254. The molecule has 0 aliphatic heterocycles. The van der Waals surface area contributed by atoms with Crippen LogP contribution in [0.4, 0.5) is 20.6 Å². The molecular weight excluding hydrogens is 307 g/mol. The van der Waals surface area contributed by atoms with Crippen molar-refractivity contribution >= 4 is 17.5 Å². The summed E-state index contributed by atoms with van der Waals surface area (Å²) in [4.78, 5) is 22.4. The highest BCUT2D eigenvalue weighted by atomic mass is 19.1. The lowest BCUT2D eigenvalue weighted by atomic mass is 10.1. The zero-order valence-electron chi connectivity index (χ0n) is 12.1. The highest BCUT2D eigenvalue weighted by Gasteiger charge is 2.18. The van der Waals surface area contributed by atoms with Crippen molar-refractivity contribution in [1.29, 1.82) is 0 Å². The second kappa shape index (κ2) is 6.73. The third kappa shape index (κ3) is 3.73. The minimum Gasteiger partial charge on any atom is -0.497 e. The average Bonchev–Trinajstić information content (AvgIpc) is 2.54. The van der Waals surface area contributed by atoms with E-state index in [0.717, 1.165) is 4.90 Å². The number of rotatable bonds is 5. The first-order valence-electron chi connectivity index (χ1n) is 6.49. The molecule has 0 atom stereocenters. The fourth-order valence-electron chi connectivity index (χ4n) is 1.99. The summed E-state index contributed by atoms with van der Waals surface area (Å²) >= 11 is 0. The van der Waals surface area contributed by atoms with Gasteiger partial charge in [0.2, 0.25) is 0 Å². The highest BCUT2D eigenvalue weighted by Crippen LogP contribution is 2.24. The van der Waals surface area contributed by atoms with Gasteiger partial charge in [0.1, 0.15) is 11.6 Å². The molecule has 120 valence electrons. The molecule has 0 unspecified atom stereocenters. The number of hydrogen-bond acceptors (Lipinski definition) is 4. The number of nitro benzene ring substituents is 1. The van der Waals surface area contributed by atoms with Crippen molar-refractivity contribution < 1.29 is 24.0 Å². The minimum atomic E-state index is -1.30. The van der Waals surface area contributed by atoms with Crippen LogP contribution >= 0.6 is 0 Å². The predicted octanol–water partition coefficient (Wildman–Crippen LogP) is 3.43. The number of nitrogens with zero attached hydrogens (tertiary/aromatic N) is 2. The van der Waals surface area contributed by atoms with Gasteiger partial charge in [0.05, 0.1) is 18.6 Å². The van der Waals surface area contributed by atoms with Crippen molar-refractivity contribution in [2.24, 2.45) is 0 Å². The number of amides is 1. The molecule has 1 amide bonds. The quantitative estimate of drug-likeness (QED) is 0.673. The number of nitro groups is 1. The maximum atomic E-state index is 13.9. The molecule has 2 aromatic rings. The lowest BCUT2D eigenvalue weighted by molar-refractivity contribution is -0.384. The molecule has 7 nitrogen and oxygen atoms in total. The minimum absolute atomic E-state index is 0.130. The van der Waals surface area contributed by atoms with Crippen molar-refractivity contribution in [2.75, 3.05) is 12.0 Å². The molecule has 0 saturated heterocycles. The van der Waals surface area contributed by atoms with Crippen LogP contribution in [-0.4, -0.2) is 23.2 Å². The Morgan fingerprint density at radius 2 is 1.96 bits per heavy atom. The number of non-ortho nitro benzene ring substituents is 1. The topological polar surface area (TPSA) is 92.9 Å². The molecule has 0 aromatic heterocycles. The molecule has 0 spiro atoms. The first kappa shape index (κ1) is 16.2. The van der Waals surface area contributed by atoms with E-state index in [1.54, 1.807) is 0 Å². The number of hydrogen-bond donors (Lipinski definition) is 1. The van der Waals surface area contributed by atoms with Crippen molar-refractivity contribution in [2.45, 2.75) is 6.54 Å². The number of carboxylic acid groups (broad SMARTS) is 1. The van der Waals surface area contributed by atoms with E-state index >= 15 is 0 Å². The maximum Gasteiger partial charge on any atom is 0.412 e. The van der Waals surface area contributed by atoms with Gasteiger partial charge in [-0.1, -0.05) is 0 Å². The van der Waals surface area contributed by atoms with Crippen LogP contribution in [0.2, 0.25) is 0 Å². The fraction of sp³-hybridized carbons (Fsp3) is 0.133. The molecular formula is C15H13FN2O5. The Kier molecular flexibility index (Phi) is 4.75. The Morgan fingerprint density at radius 1 is 1.30 bits per heavy atom. The van der Waals surface area contributed by atoms with E-state index in [0.29, 0.717) is 5.75 Å². The van der Waals surface area contributed by atoms with Gasteiger partial charge in [-0.15, -0.1) is 0 Å². The van der Waals surface area contributed by atoms with E-state index in [2.05, 4.69) is 0 Å². The second-order valence-electron chi connectivity index (χ2n) is 4.60. The molecule has 0 fully saturated rings. The summed E-state index contributed by atoms with van der Waals surface area (Å²) in [5, 5.41) is 20.0. The van der Waals surface area contributed by atoms with Gasteiger partial charge < -0.3 is 9.84 Å². The van der Waals surface area contributed by atoms with Gasteiger partial charge in [-0.25, -0.2) is 9.18 Å². The zero-order valence-corrected chi connectivity index (χ0v) is 12.1. The Balaban J connectivity index is 2.32.